The maximum absolute atomic E-state index is 5.23. The minimum atomic E-state index is 0.573. The molecule has 0 aliphatic rings. The van der Waals surface area contributed by atoms with Crippen LogP contribution in [0.5, 0.6) is 5.75 Å². The van der Waals surface area contributed by atoms with Gasteiger partial charge in [-0.15, -0.1) is 0 Å². The van der Waals surface area contributed by atoms with Gasteiger partial charge in [-0.1, -0.05) is 12.1 Å². The number of nitrogens with one attached hydrogen (secondary N) is 1. The monoisotopic (exact) mass is 273 g/mol. The molecule has 1 heterocycles. The highest BCUT2D eigenvalue weighted by Gasteiger charge is 2.10. The first-order chi connectivity index (χ1) is 9.63. The Hall–Kier alpha value is -2.37. The summed E-state index contributed by atoms with van der Waals surface area (Å²) in [6.45, 7) is 2.76. The second-order valence-corrected chi connectivity index (χ2v) is 4.44. The smallest absolute Gasteiger partial charge is 0.230 e. The molecule has 0 aliphatic heterocycles. The highest BCUT2D eigenvalue weighted by molar-refractivity contribution is 5.60. The zero-order valence-corrected chi connectivity index (χ0v) is 12.2. The van der Waals surface area contributed by atoms with Gasteiger partial charge in [-0.05, 0) is 19.1 Å². The van der Waals surface area contributed by atoms with Crippen LogP contribution in [0.1, 0.15) is 6.92 Å². The highest BCUT2D eigenvalue weighted by atomic mass is 16.5. The molecule has 2 aromatic rings. The topological polar surface area (TPSA) is 63.2 Å². The molecule has 20 heavy (non-hydrogen) atoms. The fourth-order valence-corrected chi connectivity index (χ4v) is 1.69. The second-order valence-electron chi connectivity index (χ2n) is 4.44. The molecular formula is C14H19N5O. The van der Waals surface area contributed by atoms with Crippen molar-refractivity contribution in [3.63, 3.8) is 0 Å². The molecule has 0 aliphatic carbocycles. The molecule has 106 valence electrons. The molecule has 6 heteroatoms. The number of rotatable bonds is 5. The molecule has 1 aromatic carbocycles. The van der Waals surface area contributed by atoms with Gasteiger partial charge in [0.15, 0.2) is 5.82 Å². The van der Waals surface area contributed by atoms with Crippen molar-refractivity contribution in [1.29, 1.82) is 0 Å². The normalized spacial score (nSPS) is 10.2. The summed E-state index contributed by atoms with van der Waals surface area (Å²) in [6, 6.07) is 7.67. The SMILES string of the molecule is CCNc1nc(-c2cccc(OC)c2)nc(N(C)C)n1. The van der Waals surface area contributed by atoms with Crippen LogP contribution in [0.15, 0.2) is 24.3 Å². The van der Waals surface area contributed by atoms with Gasteiger partial charge in [0.25, 0.3) is 0 Å². The minimum absolute atomic E-state index is 0.573. The lowest BCUT2D eigenvalue weighted by Gasteiger charge is -2.13. The number of hydrogen-bond acceptors (Lipinski definition) is 6. The lowest BCUT2D eigenvalue weighted by Crippen LogP contribution is -2.15. The van der Waals surface area contributed by atoms with Crippen molar-refractivity contribution >= 4 is 11.9 Å². The molecule has 0 unspecified atom stereocenters. The number of hydrogen-bond donors (Lipinski definition) is 1. The van der Waals surface area contributed by atoms with E-state index >= 15 is 0 Å². The van der Waals surface area contributed by atoms with Crippen LogP contribution in [-0.4, -0.2) is 42.7 Å². The molecular weight excluding hydrogens is 254 g/mol. The first kappa shape index (κ1) is 14.0. The average molecular weight is 273 g/mol. The predicted molar refractivity (Wildman–Crippen MR) is 80.3 cm³/mol. The van der Waals surface area contributed by atoms with E-state index in [0.717, 1.165) is 17.9 Å². The largest absolute Gasteiger partial charge is 0.497 e. The standard InChI is InChI=1S/C14H19N5O/c1-5-15-13-16-12(17-14(18-13)19(2)3)10-7-6-8-11(9-10)20-4/h6-9H,5H2,1-4H3,(H,15,16,17,18). The number of anilines is 2. The van der Waals surface area contributed by atoms with Gasteiger partial charge in [-0.25, -0.2) is 0 Å². The zero-order chi connectivity index (χ0) is 14.5. The average Bonchev–Trinajstić information content (AvgIpc) is 2.47. The van der Waals surface area contributed by atoms with Crippen LogP contribution in [0.4, 0.5) is 11.9 Å². The molecule has 0 saturated heterocycles. The van der Waals surface area contributed by atoms with E-state index < -0.39 is 0 Å². The minimum Gasteiger partial charge on any atom is -0.497 e. The van der Waals surface area contributed by atoms with Gasteiger partial charge >= 0.3 is 0 Å². The van der Waals surface area contributed by atoms with Gasteiger partial charge in [0.1, 0.15) is 5.75 Å². The molecule has 1 N–H and O–H groups in total. The van der Waals surface area contributed by atoms with E-state index in [1.807, 2.05) is 50.2 Å². The van der Waals surface area contributed by atoms with E-state index in [1.54, 1.807) is 7.11 Å². The van der Waals surface area contributed by atoms with E-state index in [1.165, 1.54) is 0 Å². The quantitative estimate of drug-likeness (QED) is 0.899. The number of nitrogens with zero attached hydrogens (tertiary/aromatic N) is 4. The Balaban J connectivity index is 2.48. The lowest BCUT2D eigenvalue weighted by molar-refractivity contribution is 0.415. The molecule has 0 radical (unpaired) electrons. The molecule has 0 fully saturated rings. The van der Waals surface area contributed by atoms with Crippen LogP contribution >= 0.6 is 0 Å². The molecule has 0 bridgehead atoms. The van der Waals surface area contributed by atoms with Crippen LogP contribution in [0.2, 0.25) is 0 Å². The van der Waals surface area contributed by atoms with Crippen molar-refractivity contribution in [3.8, 4) is 17.1 Å². The summed E-state index contributed by atoms with van der Waals surface area (Å²) in [5, 5.41) is 3.12. The molecule has 0 saturated carbocycles. The number of methoxy groups -OCH3 is 1. The van der Waals surface area contributed by atoms with Gasteiger partial charge in [-0.2, -0.15) is 15.0 Å². The third-order valence-corrected chi connectivity index (χ3v) is 2.69. The Morgan fingerprint density at radius 1 is 1.20 bits per heavy atom. The van der Waals surface area contributed by atoms with Crippen LogP contribution in [0, 0.1) is 0 Å². The summed E-state index contributed by atoms with van der Waals surface area (Å²) in [5.74, 6) is 2.59. The van der Waals surface area contributed by atoms with Crippen molar-refractivity contribution in [2.24, 2.45) is 0 Å². The van der Waals surface area contributed by atoms with E-state index in [4.69, 9.17) is 4.74 Å². The lowest BCUT2D eigenvalue weighted by atomic mass is 10.2. The Kier molecular flexibility index (Phi) is 4.34. The van der Waals surface area contributed by atoms with Gasteiger partial charge < -0.3 is 15.0 Å². The second kappa shape index (κ2) is 6.18. The van der Waals surface area contributed by atoms with Crippen molar-refractivity contribution < 1.29 is 4.74 Å². The predicted octanol–water partition coefficient (Wildman–Crippen LogP) is 2.04. The van der Waals surface area contributed by atoms with Gasteiger partial charge in [-0.3, -0.25) is 0 Å². The fourth-order valence-electron chi connectivity index (χ4n) is 1.69. The molecule has 6 nitrogen and oxygen atoms in total. The van der Waals surface area contributed by atoms with Crippen molar-refractivity contribution in [3.05, 3.63) is 24.3 Å². The van der Waals surface area contributed by atoms with Crippen molar-refractivity contribution in [1.82, 2.24) is 15.0 Å². The Bertz CT molecular complexity index is 586. The maximum Gasteiger partial charge on any atom is 0.230 e. The van der Waals surface area contributed by atoms with E-state index in [0.29, 0.717) is 17.7 Å². The van der Waals surface area contributed by atoms with Gasteiger partial charge in [0.05, 0.1) is 7.11 Å². The van der Waals surface area contributed by atoms with Gasteiger partial charge in [0.2, 0.25) is 11.9 Å². The summed E-state index contributed by atoms with van der Waals surface area (Å²) in [7, 11) is 5.45. The van der Waals surface area contributed by atoms with Crippen molar-refractivity contribution in [2.75, 3.05) is 38.0 Å². The van der Waals surface area contributed by atoms with Crippen molar-refractivity contribution in [2.45, 2.75) is 6.92 Å². The van der Waals surface area contributed by atoms with Crippen LogP contribution in [0.3, 0.4) is 0 Å². The highest BCUT2D eigenvalue weighted by Crippen LogP contribution is 2.22. The third kappa shape index (κ3) is 3.14. The first-order valence-electron chi connectivity index (χ1n) is 6.45. The Morgan fingerprint density at radius 3 is 2.65 bits per heavy atom. The molecule has 0 atom stereocenters. The molecule has 2 rings (SSSR count). The van der Waals surface area contributed by atoms with E-state index in [2.05, 4.69) is 20.3 Å². The zero-order valence-electron chi connectivity index (χ0n) is 12.2. The molecule has 0 spiro atoms. The number of aromatic nitrogens is 3. The van der Waals surface area contributed by atoms with Crippen LogP contribution in [-0.2, 0) is 0 Å². The summed E-state index contributed by atoms with van der Waals surface area (Å²) in [4.78, 5) is 15.1. The summed E-state index contributed by atoms with van der Waals surface area (Å²) in [5.41, 5.74) is 0.897. The summed E-state index contributed by atoms with van der Waals surface area (Å²) in [6.07, 6.45) is 0. The summed E-state index contributed by atoms with van der Waals surface area (Å²) >= 11 is 0. The van der Waals surface area contributed by atoms with Gasteiger partial charge in [0, 0.05) is 26.2 Å². The number of benzene rings is 1. The maximum atomic E-state index is 5.23. The molecule has 1 aromatic heterocycles. The summed E-state index contributed by atoms with van der Waals surface area (Å²) < 4.78 is 5.23. The third-order valence-electron chi connectivity index (χ3n) is 2.69. The van der Waals surface area contributed by atoms with E-state index in [-0.39, 0.29) is 0 Å². The van der Waals surface area contributed by atoms with E-state index in [9.17, 15) is 0 Å². The Morgan fingerprint density at radius 2 is 2.00 bits per heavy atom. The fraction of sp³-hybridized carbons (Fsp3) is 0.357. The Labute approximate surface area is 118 Å². The van der Waals surface area contributed by atoms with Crippen LogP contribution in [0.25, 0.3) is 11.4 Å². The first-order valence-corrected chi connectivity index (χ1v) is 6.45. The molecule has 0 amide bonds. The number of ether oxygens (including phenoxy) is 1. The van der Waals surface area contributed by atoms with Crippen LogP contribution < -0.4 is 15.0 Å².